The van der Waals surface area contributed by atoms with Gasteiger partial charge in [-0.25, -0.2) is 4.79 Å². The third kappa shape index (κ3) is 2.83. The highest BCUT2D eigenvalue weighted by atomic mass is 16.6. The zero-order valence-corrected chi connectivity index (χ0v) is 12.5. The number of rotatable bonds is 4. The van der Waals surface area contributed by atoms with Crippen molar-refractivity contribution in [3.8, 4) is 0 Å². The van der Waals surface area contributed by atoms with E-state index in [-0.39, 0.29) is 18.8 Å². The van der Waals surface area contributed by atoms with Gasteiger partial charge in [0.15, 0.2) is 6.04 Å². The molecule has 1 amide bonds. The Kier molecular flexibility index (Phi) is 3.98. The third-order valence-corrected chi connectivity index (χ3v) is 3.97. The summed E-state index contributed by atoms with van der Waals surface area (Å²) < 4.78 is 1.14. The molecule has 0 aliphatic carbocycles. The fourth-order valence-corrected chi connectivity index (χ4v) is 2.86. The van der Waals surface area contributed by atoms with Crippen LogP contribution in [0.3, 0.4) is 0 Å². The normalized spacial score (nSPS) is 16.5. The lowest BCUT2D eigenvalue weighted by atomic mass is 9.92. The summed E-state index contributed by atoms with van der Waals surface area (Å²) in [5.74, 6) is -1.56. The van der Waals surface area contributed by atoms with Crippen molar-refractivity contribution in [3.05, 3.63) is 57.9 Å². The number of fused-ring (bicyclic) bond motifs is 1. The summed E-state index contributed by atoms with van der Waals surface area (Å²) in [5.41, 5.74) is 1.28. The van der Waals surface area contributed by atoms with Crippen LogP contribution < -0.4 is 0 Å². The fourth-order valence-electron chi connectivity index (χ4n) is 2.86. The molecule has 0 bridgehead atoms. The van der Waals surface area contributed by atoms with E-state index in [0.29, 0.717) is 12.0 Å². The molecule has 0 radical (unpaired) electrons. The molecule has 124 valence electrons. The second kappa shape index (κ2) is 6.11. The van der Waals surface area contributed by atoms with Crippen molar-refractivity contribution < 1.29 is 19.6 Å². The summed E-state index contributed by atoms with van der Waals surface area (Å²) in [6, 6.07) is 6.06. The van der Waals surface area contributed by atoms with Crippen LogP contribution in [0.25, 0.3) is 0 Å². The van der Waals surface area contributed by atoms with Crippen molar-refractivity contribution in [2.24, 2.45) is 0 Å². The minimum absolute atomic E-state index is 0.221. The van der Waals surface area contributed by atoms with Gasteiger partial charge in [-0.05, 0) is 17.5 Å². The molecule has 1 N–H and O–H groups in total. The topological polar surface area (TPSA) is 119 Å². The summed E-state index contributed by atoms with van der Waals surface area (Å²) >= 11 is 0. The van der Waals surface area contributed by atoms with Gasteiger partial charge in [0.25, 0.3) is 0 Å². The molecule has 1 aromatic carbocycles. The molecule has 2 heterocycles. The predicted octanol–water partition coefficient (Wildman–Crippen LogP) is 1.00. The zero-order chi connectivity index (χ0) is 17.3. The van der Waals surface area contributed by atoms with Crippen LogP contribution in [0.5, 0.6) is 0 Å². The van der Waals surface area contributed by atoms with Gasteiger partial charge in [0, 0.05) is 6.54 Å². The molecular weight excluding hydrogens is 316 g/mol. The Balaban J connectivity index is 1.83. The number of nitrogens with zero attached hydrogens (tertiary/aromatic N) is 4. The molecule has 0 saturated heterocycles. The molecule has 2 aromatic rings. The number of hydrogen-bond donors (Lipinski definition) is 1. The van der Waals surface area contributed by atoms with Gasteiger partial charge in [0.05, 0.1) is 4.92 Å². The summed E-state index contributed by atoms with van der Waals surface area (Å²) in [4.78, 5) is 35.5. The van der Waals surface area contributed by atoms with Gasteiger partial charge < -0.3 is 10.0 Å². The molecule has 0 fully saturated rings. The lowest BCUT2D eigenvalue weighted by Crippen LogP contribution is -2.44. The largest absolute Gasteiger partial charge is 0.479 e. The number of benzene rings is 1. The van der Waals surface area contributed by atoms with Crippen LogP contribution in [-0.2, 0) is 22.6 Å². The van der Waals surface area contributed by atoms with Gasteiger partial charge in [0.1, 0.15) is 18.9 Å². The van der Waals surface area contributed by atoms with Crippen molar-refractivity contribution >= 4 is 17.6 Å². The van der Waals surface area contributed by atoms with Gasteiger partial charge in [0.2, 0.25) is 5.91 Å². The van der Waals surface area contributed by atoms with E-state index in [2.05, 4.69) is 5.10 Å². The van der Waals surface area contributed by atoms with Gasteiger partial charge in [-0.1, -0.05) is 24.3 Å². The Morgan fingerprint density at radius 1 is 1.38 bits per heavy atom. The Morgan fingerprint density at radius 2 is 2.12 bits per heavy atom. The molecule has 0 spiro atoms. The highest BCUT2D eigenvalue weighted by Gasteiger charge is 2.35. The minimum Gasteiger partial charge on any atom is -0.479 e. The smallest absolute Gasteiger partial charge is 0.331 e. The lowest BCUT2D eigenvalue weighted by Gasteiger charge is -2.34. The maximum Gasteiger partial charge on any atom is 0.331 e. The quantitative estimate of drug-likeness (QED) is 0.660. The molecule has 9 heteroatoms. The number of aliphatic carboxylic acids is 1. The number of aromatic nitrogens is 2. The van der Waals surface area contributed by atoms with E-state index in [0.717, 1.165) is 22.6 Å². The van der Waals surface area contributed by atoms with Crippen LogP contribution >= 0.6 is 0 Å². The molecule has 3 rings (SSSR count). The first kappa shape index (κ1) is 15.7. The van der Waals surface area contributed by atoms with Crippen LogP contribution in [0.1, 0.15) is 17.2 Å². The number of carbonyl (C=O) groups is 2. The molecule has 1 unspecified atom stereocenters. The SMILES string of the molecule is O=C(O)C1c2ccccc2CCN1C(=O)Cn1cc([N+](=O)[O-])cn1. The number of nitro groups is 1. The Morgan fingerprint density at radius 3 is 2.79 bits per heavy atom. The van der Waals surface area contributed by atoms with Crippen LogP contribution in [0, 0.1) is 10.1 Å². The van der Waals surface area contributed by atoms with E-state index >= 15 is 0 Å². The van der Waals surface area contributed by atoms with Gasteiger partial charge >= 0.3 is 11.7 Å². The fraction of sp³-hybridized carbons (Fsp3) is 0.267. The molecule has 1 atom stereocenters. The van der Waals surface area contributed by atoms with Crippen molar-refractivity contribution in [2.45, 2.75) is 19.0 Å². The number of hydrogen-bond acceptors (Lipinski definition) is 5. The van der Waals surface area contributed by atoms with Gasteiger partial charge in [-0.2, -0.15) is 5.10 Å². The monoisotopic (exact) mass is 330 g/mol. The van der Waals surface area contributed by atoms with Crippen molar-refractivity contribution in [3.63, 3.8) is 0 Å². The first-order valence-corrected chi connectivity index (χ1v) is 7.24. The van der Waals surface area contributed by atoms with Crippen molar-refractivity contribution in [1.29, 1.82) is 0 Å². The Bertz CT molecular complexity index is 816. The van der Waals surface area contributed by atoms with Crippen LogP contribution in [0.4, 0.5) is 5.69 Å². The van der Waals surface area contributed by atoms with Crippen LogP contribution in [0.2, 0.25) is 0 Å². The number of carboxylic acids is 1. The predicted molar refractivity (Wildman–Crippen MR) is 81.1 cm³/mol. The number of carboxylic acid groups (broad SMARTS) is 1. The molecule has 24 heavy (non-hydrogen) atoms. The van der Waals surface area contributed by atoms with E-state index in [1.807, 2.05) is 12.1 Å². The molecule has 1 aromatic heterocycles. The second-order valence-electron chi connectivity index (χ2n) is 5.43. The third-order valence-electron chi connectivity index (χ3n) is 3.97. The first-order valence-electron chi connectivity index (χ1n) is 7.24. The molecule has 9 nitrogen and oxygen atoms in total. The molecular formula is C15H14N4O5. The highest BCUT2D eigenvalue weighted by molar-refractivity contribution is 5.85. The second-order valence-corrected chi connectivity index (χ2v) is 5.43. The summed E-state index contributed by atoms with van der Waals surface area (Å²) in [5, 5.41) is 24.0. The molecule has 1 aliphatic heterocycles. The summed E-state index contributed by atoms with van der Waals surface area (Å²) in [7, 11) is 0. The average molecular weight is 330 g/mol. The zero-order valence-electron chi connectivity index (χ0n) is 12.5. The van der Waals surface area contributed by atoms with Gasteiger partial charge in [-0.3, -0.25) is 19.6 Å². The molecule has 0 saturated carbocycles. The first-order chi connectivity index (χ1) is 11.5. The number of amides is 1. The Labute approximate surface area is 136 Å². The highest BCUT2D eigenvalue weighted by Crippen LogP contribution is 2.30. The van der Waals surface area contributed by atoms with E-state index in [9.17, 15) is 24.8 Å². The Hall–Kier alpha value is -3.23. The average Bonchev–Trinajstić information content (AvgIpc) is 3.02. The summed E-state index contributed by atoms with van der Waals surface area (Å²) in [6.07, 6.45) is 2.75. The van der Waals surface area contributed by atoms with Crippen molar-refractivity contribution in [1.82, 2.24) is 14.7 Å². The van der Waals surface area contributed by atoms with Crippen LogP contribution in [-0.4, -0.2) is 43.1 Å². The van der Waals surface area contributed by atoms with E-state index in [1.54, 1.807) is 12.1 Å². The van der Waals surface area contributed by atoms with E-state index in [4.69, 9.17) is 0 Å². The van der Waals surface area contributed by atoms with Crippen LogP contribution in [0.15, 0.2) is 36.7 Å². The number of carbonyl (C=O) groups excluding carboxylic acids is 1. The lowest BCUT2D eigenvalue weighted by molar-refractivity contribution is -0.385. The van der Waals surface area contributed by atoms with E-state index in [1.165, 1.54) is 4.90 Å². The maximum atomic E-state index is 12.5. The maximum absolute atomic E-state index is 12.5. The minimum atomic E-state index is -1.11. The van der Waals surface area contributed by atoms with Gasteiger partial charge in [-0.15, -0.1) is 0 Å². The standard InChI is InChI=1S/C15H14N4O5/c20-13(9-17-8-11(7-16-17)19(23)24)18-6-5-10-3-1-2-4-12(10)14(18)15(21)22/h1-4,7-8,14H,5-6,9H2,(H,21,22). The summed E-state index contributed by atoms with van der Waals surface area (Å²) in [6.45, 7) is 0.0238. The van der Waals surface area contributed by atoms with E-state index < -0.39 is 22.8 Å². The van der Waals surface area contributed by atoms with Crippen molar-refractivity contribution in [2.75, 3.05) is 6.54 Å². The molecule has 1 aliphatic rings.